The van der Waals surface area contributed by atoms with Crippen LogP contribution < -0.4 is 10.2 Å². The van der Waals surface area contributed by atoms with Gasteiger partial charge in [0.25, 0.3) is 0 Å². The molecule has 21 heavy (non-hydrogen) atoms. The van der Waals surface area contributed by atoms with Crippen molar-refractivity contribution < 1.29 is 0 Å². The normalized spacial score (nSPS) is 17.1. The van der Waals surface area contributed by atoms with Gasteiger partial charge in [-0.25, -0.2) is 0 Å². The van der Waals surface area contributed by atoms with Gasteiger partial charge in [-0.3, -0.25) is 5.32 Å². The van der Waals surface area contributed by atoms with E-state index in [-0.39, 0.29) is 5.54 Å². The maximum Gasteiger partial charge on any atom is 0.104 e. The van der Waals surface area contributed by atoms with Crippen LogP contribution in [0.5, 0.6) is 0 Å². The number of nitrogens with one attached hydrogen (secondary N) is 1. The quantitative estimate of drug-likeness (QED) is 0.832. The monoisotopic (exact) mass is 285 g/mol. The van der Waals surface area contributed by atoms with Gasteiger partial charge in [-0.1, -0.05) is 17.7 Å². The van der Waals surface area contributed by atoms with Crippen LogP contribution in [0.2, 0.25) is 0 Å². The molecule has 1 unspecified atom stereocenters. The summed E-state index contributed by atoms with van der Waals surface area (Å²) < 4.78 is 0. The number of aryl methyl sites for hydroxylation is 2. The molecule has 1 aromatic rings. The zero-order valence-corrected chi connectivity index (χ0v) is 13.7. The molecule has 0 aromatic heterocycles. The predicted molar refractivity (Wildman–Crippen MR) is 88.6 cm³/mol. The first-order valence-corrected chi connectivity index (χ1v) is 7.91. The second-order valence-corrected chi connectivity index (χ2v) is 6.68. The Hall–Kier alpha value is -1.53. The third-order valence-corrected chi connectivity index (χ3v) is 4.28. The predicted octanol–water partition coefficient (Wildman–Crippen LogP) is 3.55. The fourth-order valence-electron chi connectivity index (χ4n) is 2.86. The Labute approximate surface area is 129 Å². The van der Waals surface area contributed by atoms with E-state index in [1.807, 2.05) is 6.92 Å². The number of rotatable bonds is 7. The lowest BCUT2D eigenvalue weighted by Crippen LogP contribution is -2.42. The zero-order chi connectivity index (χ0) is 15.5. The van der Waals surface area contributed by atoms with Gasteiger partial charge in [0.05, 0.1) is 6.07 Å². The number of nitrogens with zero attached hydrogens (tertiary/aromatic N) is 2. The lowest BCUT2D eigenvalue weighted by molar-refractivity contribution is 0.404. The first kappa shape index (κ1) is 15.9. The Balaban J connectivity index is 1.85. The molecule has 114 valence electrons. The van der Waals surface area contributed by atoms with Crippen LogP contribution in [0.1, 0.15) is 43.7 Å². The van der Waals surface area contributed by atoms with E-state index in [0.29, 0.717) is 6.04 Å². The minimum Gasteiger partial charge on any atom is -0.374 e. The molecule has 0 amide bonds. The molecule has 0 radical (unpaired) electrons. The van der Waals surface area contributed by atoms with Crippen LogP contribution in [-0.2, 0) is 0 Å². The van der Waals surface area contributed by atoms with Gasteiger partial charge in [0, 0.05) is 25.3 Å². The number of nitriles is 1. The van der Waals surface area contributed by atoms with Crippen LogP contribution in [-0.4, -0.2) is 25.2 Å². The second kappa shape index (κ2) is 6.49. The zero-order valence-electron chi connectivity index (χ0n) is 13.7. The fourth-order valence-corrected chi connectivity index (χ4v) is 2.86. The molecule has 3 heteroatoms. The Morgan fingerprint density at radius 1 is 1.38 bits per heavy atom. The second-order valence-electron chi connectivity index (χ2n) is 6.68. The van der Waals surface area contributed by atoms with Gasteiger partial charge in [-0.05, 0) is 58.1 Å². The van der Waals surface area contributed by atoms with E-state index in [0.717, 1.165) is 19.4 Å². The maximum atomic E-state index is 9.39. The minimum absolute atomic E-state index is 0.371. The number of benzene rings is 1. The van der Waals surface area contributed by atoms with E-state index in [2.05, 4.69) is 55.4 Å². The third kappa shape index (κ3) is 4.47. The van der Waals surface area contributed by atoms with Crippen LogP contribution in [0.4, 0.5) is 5.69 Å². The Morgan fingerprint density at radius 3 is 2.67 bits per heavy atom. The van der Waals surface area contributed by atoms with Gasteiger partial charge in [0.15, 0.2) is 0 Å². The highest BCUT2D eigenvalue weighted by atomic mass is 15.1. The van der Waals surface area contributed by atoms with Gasteiger partial charge in [0.2, 0.25) is 0 Å². The summed E-state index contributed by atoms with van der Waals surface area (Å²) in [6.07, 6.45) is 4.36. The van der Waals surface area contributed by atoms with Crippen LogP contribution in [0.15, 0.2) is 18.2 Å². The first-order chi connectivity index (χ1) is 9.93. The molecular weight excluding hydrogens is 258 g/mol. The lowest BCUT2D eigenvalue weighted by Gasteiger charge is -2.26. The van der Waals surface area contributed by atoms with Crippen molar-refractivity contribution in [3.8, 4) is 6.07 Å². The first-order valence-electron chi connectivity index (χ1n) is 7.91. The largest absolute Gasteiger partial charge is 0.374 e. The number of hydrogen-bond acceptors (Lipinski definition) is 3. The van der Waals surface area contributed by atoms with Gasteiger partial charge in [0.1, 0.15) is 5.54 Å². The van der Waals surface area contributed by atoms with E-state index in [1.54, 1.807) is 0 Å². The van der Waals surface area contributed by atoms with Crippen molar-refractivity contribution in [3.63, 3.8) is 0 Å². The van der Waals surface area contributed by atoms with Crippen molar-refractivity contribution in [3.05, 3.63) is 29.3 Å². The fraction of sp³-hybridized carbons (Fsp3) is 0.611. The summed E-state index contributed by atoms with van der Waals surface area (Å²) in [7, 11) is 2.13. The van der Waals surface area contributed by atoms with E-state index >= 15 is 0 Å². The van der Waals surface area contributed by atoms with Crippen molar-refractivity contribution in [1.29, 1.82) is 5.26 Å². The molecule has 0 bridgehead atoms. The minimum atomic E-state index is -0.371. The lowest BCUT2D eigenvalue weighted by atomic mass is 9.97. The molecule has 2 rings (SSSR count). The summed E-state index contributed by atoms with van der Waals surface area (Å²) in [5, 5.41) is 12.9. The molecule has 0 saturated heterocycles. The summed E-state index contributed by atoms with van der Waals surface area (Å²) in [6, 6.07) is 9.60. The smallest absolute Gasteiger partial charge is 0.104 e. The van der Waals surface area contributed by atoms with Gasteiger partial charge >= 0.3 is 0 Å². The standard InChI is InChI=1S/C18H27N3/c1-14-6-9-17(15(2)12-14)21(4)11-5-10-18(3,13-19)20-16-7-8-16/h6,9,12,16,20H,5,7-8,10-11H2,1-4H3. The van der Waals surface area contributed by atoms with Crippen LogP contribution in [0.25, 0.3) is 0 Å². The van der Waals surface area contributed by atoms with Crippen molar-refractivity contribution in [2.45, 2.75) is 58.0 Å². The summed E-state index contributed by atoms with van der Waals surface area (Å²) in [6.45, 7) is 7.29. The van der Waals surface area contributed by atoms with Gasteiger partial charge in [-0.15, -0.1) is 0 Å². The summed E-state index contributed by atoms with van der Waals surface area (Å²) in [5.74, 6) is 0. The van der Waals surface area contributed by atoms with Crippen molar-refractivity contribution >= 4 is 5.69 Å². The average Bonchev–Trinajstić information content (AvgIpc) is 3.22. The Bertz CT molecular complexity index is 528. The molecule has 1 saturated carbocycles. The molecule has 1 fully saturated rings. The SMILES string of the molecule is Cc1ccc(N(C)CCCC(C)(C#N)NC2CC2)c(C)c1. The van der Waals surface area contributed by atoms with Crippen molar-refractivity contribution in [2.24, 2.45) is 0 Å². The molecular formula is C18H27N3. The molecule has 0 aliphatic heterocycles. The molecule has 1 aliphatic rings. The highest BCUT2D eigenvalue weighted by molar-refractivity contribution is 5.53. The summed E-state index contributed by atoms with van der Waals surface area (Å²) in [4.78, 5) is 2.30. The highest BCUT2D eigenvalue weighted by Gasteiger charge is 2.32. The molecule has 1 atom stereocenters. The van der Waals surface area contributed by atoms with E-state index in [9.17, 15) is 5.26 Å². The van der Waals surface area contributed by atoms with Crippen LogP contribution in [0.3, 0.4) is 0 Å². The average molecular weight is 285 g/mol. The van der Waals surface area contributed by atoms with Crippen LogP contribution >= 0.6 is 0 Å². The van der Waals surface area contributed by atoms with Gasteiger partial charge < -0.3 is 4.90 Å². The summed E-state index contributed by atoms with van der Waals surface area (Å²) in [5.41, 5.74) is 3.53. The molecule has 3 nitrogen and oxygen atoms in total. The van der Waals surface area contributed by atoms with Crippen molar-refractivity contribution in [2.75, 3.05) is 18.5 Å². The molecule has 1 aliphatic carbocycles. The topological polar surface area (TPSA) is 39.1 Å². The number of anilines is 1. The molecule has 0 spiro atoms. The molecule has 1 N–H and O–H groups in total. The van der Waals surface area contributed by atoms with Gasteiger partial charge in [-0.2, -0.15) is 5.26 Å². The maximum absolute atomic E-state index is 9.39. The van der Waals surface area contributed by atoms with E-state index in [1.165, 1.54) is 29.7 Å². The number of hydrogen-bond donors (Lipinski definition) is 1. The van der Waals surface area contributed by atoms with Crippen molar-refractivity contribution in [1.82, 2.24) is 5.32 Å². The Morgan fingerprint density at radius 2 is 2.10 bits per heavy atom. The summed E-state index contributed by atoms with van der Waals surface area (Å²) >= 11 is 0. The third-order valence-electron chi connectivity index (χ3n) is 4.28. The molecule has 1 aromatic carbocycles. The van der Waals surface area contributed by atoms with E-state index in [4.69, 9.17) is 0 Å². The highest BCUT2D eigenvalue weighted by Crippen LogP contribution is 2.25. The molecule has 0 heterocycles. The van der Waals surface area contributed by atoms with Crippen LogP contribution in [0, 0.1) is 25.2 Å². The van der Waals surface area contributed by atoms with E-state index < -0.39 is 0 Å². The Kier molecular flexibility index (Phi) is 4.90.